The van der Waals surface area contributed by atoms with Crippen LogP contribution in [0.15, 0.2) is 59.1 Å². The van der Waals surface area contributed by atoms with Crippen LogP contribution in [0.1, 0.15) is 31.2 Å². The van der Waals surface area contributed by atoms with Crippen molar-refractivity contribution in [3.63, 3.8) is 0 Å². The molecule has 0 atom stereocenters. The van der Waals surface area contributed by atoms with Crippen LogP contribution in [0.25, 0.3) is 10.9 Å². The summed E-state index contributed by atoms with van der Waals surface area (Å²) in [5.74, 6) is 1.01. The summed E-state index contributed by atoms with van der Waals surface area (Å²) in [7, 11) is 4.13. The van der Waals surface area contributed by atoms with Crippen molar-refractivity contribution >= 4 is 44.2 Å². The highest BCUT2D eigenvalue weighted by Gasteiger charge is 2.23. The van der Waals surface area contributed by atoms with Gasteiger partial charge in [-0.05, 0) is 43.4 Å². The van der Waals surface area contributed by atoms with Crippen LogP contribution in [0.3, 0.4) is 0 Å². The lowest BCUT2D eigenvalue weighted by atomic mass is 9.91. The van der Waals surface area contributed by atoms with E-state index >= 15 is 0 Å². The normalized spacial score (nSPS) is 18.5. The highest BCUT2D eigenvalue weighted by Crippen LogP contribution is 2.29. The first-order valence-corrected chi connectivity index (χ1v) is 11.7. The smallest absolute Gasteiger partial charge is 0.224 e. The Hall–Kier alpha value is -2.60. The van der Waals surface area contributed by atoms with Gasteiger partial charge in [0.1, 0.15) is 5.82 Å². The number of nitrogens with one attached hydrogen (secondary N) is 2. The van der Waals surface area contributed by atoms with Gasteiger partial charge in [0.05, 0.1) is 11.9 Å². The first-order valence-electron chi connectivity index (χ1n) is 10.9. The lowest BCUT2D eigenvalue weighted by Gasteiger charge is -2.30. The monoisotopic (exact) mass is 480 g/mol. The fraction of sp³-hybridized carbons (Fsp3) is 0.360. The number of rotatable bonds is 6. The molecule has 0 unspecified atom stereocenters. The van der Waals surface area contributed by atoms with E-state index in [1.165, 1.54) is 5.69 Å². The molecule has 1 amide bonds. The Balaban J connectivity index is 1.33. The van der Waals surface area contributed by atoms with E-state index in [2.05, 4.69) is 69.8 Å². The number of pyridine rings is 1. The highest BCUT2D eigenvalue weighted by atomic mass is 79.9. The van der Waals surface area contributed by atoms with Gasteiger partial charge < -0.3 is 15.5 Å². The molecule has 1 fully saturated rings. The SMILES string of the molecule is CN(C)c1cc(N[C@H]2CC[C@@H](NC(=O)Cc3ccccc3Br)CC2)nc2ccccc12. The zero-order valence-electron chi connectivity index (χ0n) is 18.1. The molecule has 6 heteroatoms. The molecule has 0 bridgehead atoms. The summed E-state index contributed by atoms with van der Waals surface area (Å²) in [4.78, 5) is 19.4. The molecule has 0 saturated heterocycles. The Morgan fingerprint density at radius 1 is 1.03 bits per heavy atom. The summed E-state index contributed by atoms with van der Waals surface area (Å²) in [6, 6.07) is 18.9. The van der Waals surface area contributed by atoms with Crippen molar-refractivity contribution in [2.24, 2.45) is 0 Å². The van der Waals surface area contributed by atoms with Crippen molar-refractivity contribution in [3.05, 3.63) is 64.6 Å². The molecule has 0 aliphatic heterocycles. The van der Waals surface area contributed by atoms with E-state index in [-0.39, 0.29) is 11.9 Å². The topological polar surface area (TPSA) is 57.3 Å². The molecule has 0 radical (unpaired) electrons. The lowest BCUT2D eigenvalue weighted by Crippen LogP contribution is -2.40. The maximum atomic E-state index is 12.5. The first-order chi connectivity index (χ1) is 15.0. The van der Waals surface area contributed by atoms with Gasteiger partial charge in [-0.3, -0.25) is 4.79 Å². The molecule has 4 rings (SSSR count). The standard InChI is InChI=1S/C25H29BrN4O/c1-30(2)23-16-24(29-22-10-6-4-8-20(22)23)27-18-11-13-19(14-12-18)28-25(31)15-17-7-3-5-9-21(17)26/h3-10,16,18-19H,11-15H2,1-2H3,(H,27,29)(H,28,31)/t18-,19+. The molecule has 1 aromatic heterocycles. The fourth-order valence-electron chi connectivity index (χ4n) is 4.29. The minimum Gasteiger partial charge on any atom is -0.377 e. The van der Waals surface area contributed by atoms with Crippen molar-refractivity contribution in [1.82, 2.24) is 10.3 Å². The molecule has 1 aliphatic rings. The number of fused-ring (bicyclic) bond motifs is 1. The van der Waals surface area contributed by atoms with E-state index in [1.807, 2.05) is 30.3 Å². The molecule has 162 valence electrons. The van der Waals surface area contributed by atoms with Crippen LogP contribution in [0.2, 0.25) is 0 Å². The Kier molecular flexibility index (Phi) is 6.76. The van der Waals surface area contributed by atoms with Crippen LogP contribution in [-0.4, -0.2) is 37.1 Å². The molecule has 1 aliphatic carbocycles. The number of carbonyl (C=O) groups excluding carboxylic acids is 1. The van der Waals surface area contributed by atoms with Crippen molar-refractivity contribution in [3.8, 4) is 0 Å². The van der Waals surface area contributed by atoms with Gasteiger partial charge >= 0.3 is 0 Å². The number of anilines is 2. The summed E-state index contributed by atoms with van der Waals surface area (Å²) in [5.41, 5.74) is 3.19. The maximum absolute atomic E-state index is 12.5. The molecule has 2 N–H and O–H groups in total. The fourth-order valence-corrected chi connectivity index (χ4v) is 4.71. The number of amides is 1. The predicted molar refractivity (Wildman–Crippen MR) is 132 cm³/mol. The van der Waals surface area contributed by atoms with Gasteiger partial charge in [-0.15, -0.1) is 0 Å². The average Bonchev–Trinajstić information content (AvgIpc) is 2.76. The summed E-state index contributed by atoms with van der Waals surface area (Å²) < 4.78 is 0.984. The van der Waals surface area contributed by atoms with Crippen LogP contribution in [-0.2, 0) is 11.2 Å². The molecule has 3 aromatic rings. The van der Waals surface area contributed by atoms with Crippen LogP contribution in [0.5, 0.6) is 0 Å². The lowest BCUT2D eigenvalue weighted by molar-refractivity contribution is -0.121. The number of para-hydroxylation sites is 1. The molecule has 31 heavy (non-hydrogen) atoms. The Bertz CT molecular complexity index is 1060. The van der Waals surface area contributed by atoms with Gasteiger partial charge in [0.15, 0.2) is 0 Å². The molecule has 1 saturated carbocycles. The summed E-state index contributed by atoms with van der Waals surface area (Å²) in [5, 5.41) is 8.01. The Labute approximate surface area is 192 Å². The van der Waals surface area contributed by atoms with Crippen molar-refractivity contribution < 1.29 is 4.79 Å². The van der Waals surface area contributed by atoms with Crippen LogP contribution in [0, 0.1) is 0 Å². The molecule has 5 nitrogen and oxygen atoms in total. The molecule has 2 aromatic carbocycles. The number of hydrogen-bond donors (Lipinski definition) is 2. The largest absolute Gasteiger partial charge is 0.377 e. The summed E-state index contributed by atoms with van der Waals surface area (Å²) in [6.07, 6.45) is 4.41. The van der Waals surface area contributed by atoms with Crippen LogP contribution < -0.4 is 15.5 Å². The summed E-state index contributed by atoms with van der Waals surface area (Å²) >= 11 is 3.52. The second-order valence-electron chi connectivity index (χ2n) is 8.47. The van der Waals surface area contributed by atoms with E-state index in [9.17, 15) is 4.79 Å². The van der Waals surface area contributed by atoms with Crippen molar-refractivity contribution in [1.29, 1.82) is 0 Å². The second kappa shape index (κ2) is 9.69. The first kappa shape index (κ1) is 21.6. The van der Waals surface area contributed by atoms with Crippen molar-refractivity contribution in [2.45, 2.75) is 44.2 Å². The van der Waals surface area contributed by atoms with Crippen molar-refractivity contribution in [2.75, 3.05) is 24.3 Å². The van der Waals surface area contributed by atoms with Crippen LogP contribution >= 0.6 is 15.9 Å². The number of nitrogens with zero attached hydrogens (tertiary/aromatic N) is 2. The molecule has 0 spiro atoms. The third-order valence-electron chi connectivity index (χ3n) is 5.93. The van der Waals surface area contributed by atoms with Gasteiger partial charge in [-0.2, -0.15) is 0 Å². The van der Waals surface area contributed by atoms with Gasteiger partial charge in [-0.1, -0.05) is 52.3 Å². The molecular formula is C25H29BrN4O. The van der Waals surface area contributed by atoms with Gasteiger partial charge in [-0.25, -0.2) is 4.98 Å². The Morgan fingerprint density at radius 2 is 1.71 bits per heavy atom. The van der Waals surface area contributed by atoms with Gasteiger partial charge in [0, 0.05) is 47.8 Å². The Morgan fingerprint density at radius 3 is 2.45 bits per heavy atom. The number of carbonyl (C=O) groups is 1. The quantitative estimate of drug-likeness (QED) is 0.512. The number of halogens is 1. The summed E-state index contributed by atoms with van der Waals surface area (Å²) in [6.45, 7) is 0. The van der Waals surface area contributed by atoms with E-state index in [0.717, 1.165) is 52.4 Å². The van der Waals surface area contributed by atoms with Gasteiger partial charge in [0.2, 0.25) is 5.91 Å². The maximum Gasteiger partial charge on any atom is 0.224 e. The van der Waals surface area contributed by atoms with E-state index < -0.39 is 0 Å². The zero-order valence-corrected chi connectivity index (χ0v) is 19.7. The molecule has 1 heterocycles. The van der Waals surface area contributed by atoms with Crippen LogP contribution in [0.4, 0.5) is 11.5 Å². The number of aromatic nitrogens is 1. The second-order valence-corrected chi connectivity index (χ2v) is 9.32. The third kappa shape index (κ3) is 5.37. The molecular weight excluding hydrogens is 452 g/mol. The minimum atomic E-state index is 0.0927. The zero-order chi connectivity index (χ0) is 21.8. The minimum absolute atomic E-state index is 0.0927. The number of hydrogen-bond acceptors (Lipinski definition) is 4. The van der Waals surface area contributed by atoms with Gasteiger partial charge in [0.25, 0.3) is 0 Å². The highest BCUT2D eigenvalue weighted by molar-refractivity contribution is 9.10. The van der Waals surface area contributed by atoms with E-state index in [1.54, 1.807) is 0 Å². The van der Waals surface area contributed by atoms with E-state index in [0.29, 0.717) is 12.5 Å². The predicted octanol–water partition coefficient (Wildman–Crippen LogP) is 5.15. The third-order valence-corrected chi connectivity index (χ3v) is 6.70. The average molecular weight is 481 g/mol. The number of benzene rings is 2. The van der Waals surface area contributed by atoms with E-state index in [4.69, 9.17) is 4.98 Å².